The fraction of sp³-hybridized carbons (Fsp3) is 0.214. The lowest BCUT2D eigenvalue weighted by atomic mass is 10.1. The van der Waals surface area contributed by atoms with Crippen LogP contribution >= 0.6 is 0 Å². The molecule has 0 saturated carbocycles. The van der Waals surface area contributed by atoms with Gasteiger partial charge in [0.25, 0.3) is 0 Å². The Bertz CT molecular complexity index is 505. The average molecular weight is 264 g/mol. The maximum Gasteiger partial charge on any atom is 0.345 e. The molecule has 1 unspecified atom stereocenters. The van der Waals surface area contributed by atoms with Gasteiger partial charge in [-0.1, -0.05) is 18.7 Å². The summed E-state index contributed by atoms with van der Waals surface area (Å²) in [7, 11) is 0. The zero-order chi connectivity index (χ0) is 14.4. The van der Waals surface area contributed by atoms with Gasteiger partial charge in [-0.15, -0.1) is 0 Å². The van der Waals surface area contributed by atoms with Gasteiger partial charge >= 0.3 is 5.97 Å². The Morgan fingerprint density at radius 3 is 2.63 bits per heavy atom. The zero-order valence-corrected chi connectivity index (χ0v) is 10.5. The summed E-state index contributed by atoms with van der Waals surface area (Å²) < 4.78 is 5.20. The van der Waals surface area contributed by atoms with Crippen molar-refractivity contribution in [1.82, 2.24) is 0 Å². The number of carboxylic acid groups (broad SMARTS) is 1. The van der Waals surface area contributed by atoms with Crippen molar-refractivity contribution in [1.29, 1.82) is 0 Å². The maximum absolute atomic E-state index is 11.1. The summed E-state index contributed by atoms with van der Waals surface area (Å²) in [5.41, 5.74) is 0.538. The highest BCUT2D eigenvalue weighted by atomic mass is 16.5. The van der Waals surface area contributed by atoms with E-state index in [1.807, 2.05) is 0 Å². The van der Waals surface area contributed by atoms with E-state index in [0.29, 0.717) is 5.56 Å². The molecule has 0 fully saturated rings. The van der Waals surface area contributed by atoms with Crippen LogP contribution in [0.2, 0.25) is 0 Å². The summed E-state index contributed by atoms with van der Waals surface area (Å²) >= 11 is 0. The first kappa shape index (κ1) is 14.6. The molecule has 3 N–H and O–H groups in total. The van der Waals surface area contributed by atoms with Crippen LogP contribution in [-0.4, -0.2) is 27.4 Å². The third-order valence-corrected chi connectivity index (χ3v) is 2.38. The summed E-state index contributed by atoms with van der Waals surface area (Å²) in [4.78, 5) is 11.1. The first-order valence-corrected chi connectivity index (χ1v) is 5.66. The molecule has 0 radical (unpaired) electrons. The van der Waals surface area contributed by atoms with Gasteiger partial charge < -0.3 is 20.1 Å². The monoisotopic (exact) mass is 264 g/mol. The van der Waals surface area contributed by atoms with Crippen LogP contribution < -0.4 is 0 Å². The fourth-order valence-corrected chi connectivity index (χ4v) is 1.50. The van der Waals surface area contributed by atoms with E-state index in [9.17, 15) is 15.0 Å². The number of rotatable bonds is 6. The number of hydrogen-bond donors (Lipinski definition) is 3. The van der Waals surface area contributed by atoms with Crippen molar-refractivity contribution >= 4 is 5.97 Å². The van der Waals surface area contributed by atoms with E-state index in [1.165, 1.54) is 18.2 Å². The van der Waals surface area contributed by atoms with Crippen molar-refractivity contribution in [3.63, 3.8) is 0 Å². The highest BCUT2D eigenvalue weighted by molar-refractivity contribution is 5.73. The van der Waals surface area contributed by atoms with Crippen molar-refractivity contribution in [2.45, 2.75) is 19.4 Å². The van der Waals surface area contributed by atoms with Crippen LogP contribution in [-0.2, 0) is 16.0 Å². The maximum atomic E-state index is 11.1. The van der Waals surface area contributed by atoms with E-state index in [2.05, 4.69) is 6.58 Å². The summed E-state index contributed by atoms with van der Waals surface area (Å²) in [5, 5.41) is 27.6. The Hall–Kier alpha value is -2.43. The molecule has 1 rings (SSSR count). The van der Waals surface area contributed by atoms with Crippen molar-refractivity contribution in [2.24, 2.45) is 0 Å². The Kier molecular flexibility index (Phi) is 5.00. The first-order chi connectivity index (χ1) is 8.93. The van der Waals surface area contributed by atoms with E-state index >= 15 is 0 Å². The van der Waals surface area contributed by atoms with Crippen LogP contribution in [0.1, 0.15) is 12.5 Å². The molecule has 0 heterocycles. The van der Waals surface area contributed by atoms with E-state index in [4.69, 9.17) is 9.84 Å². The topological polar surface area (TPSA) is 87.0 Å². The second-order valence-electron chi connectivity index (χ2n) is 3.94. The molecule has 0 saturated heterocycles. The first-order valence-electron chi connectivity index (χ1n) is 5.66. The van der Waals surface area contributed by atoms with Gasteiger partial charge in [0.1, 0.15) is 5.76 Å². The molecule has 0 amide bonds. The van der Waals surface area contributed by atoms with Crippen molar-refractivity contribution in [3.05, 3.63) is 48.3 Å². The number of ether oxygens (including phenoxy) is 1. The molecule has 0 aliphatic heterocycles. The number of aliphatic carboxylic acids is 1. The minimum Gasteiger partial charge on any atom is -0.504 e. The zero-order valence-electron chi connectivity index (χ0n) is 10.5. The molecule has 5 heteroatoms. The lowest BCUT2D eigenvalue weighted by Gasteiger charge is -2.15. The van der Waals surface area contributed by atoms with E-state index in [1.54, 1.807) is 19.1 Å². The molecule has 19 heavy (non-hydrogen) atoms. The third kappa shape index (κ3) is 4.39. The summed E-state index contributed by atoms with van der Waals surface area (Å²) in [6.07, 6.45) is 2.20. The highest BCUT2D eigenvalue weighted by Crippen LogP contribution is 2.25. The van der Waals surface area contributed by atoms with Gasteiger partial charge in [0, 0.05) is 6.42 Å². The molecule has 0 aliphatic carbocycles. The van der Waals surface area contributed by atoms with Gasteiger partial charge in [0.2, 0.25) is 0 Å². The van der Waals surface area contributed by atoms with Crippen LogP contribution in [0.5, 0.6) is 11.5 Å². The van der Waals surface area contributed by atoms with Gasteiger partial charge in [-0.3, -0.25) is 0 Å². The number of carbonyl (C=O) groups is 1. The number of allylic oxidation sites excluding steroid dienone is 2. The molecule has 0 spiro atoms. The lowest BCUT2D eigenvalue weighted by molar-refractivity contribution is -0.147. The van der Waals surface area contributed by atoms with Crippen LogP contribution in [0.15, 0.2) is 42.7 Å². The molecule has 1 aromatic carbocycles. The third-order valence-electron chi connectivity index (χ3n) is 2.38. The van der Waals surface area contributed by atoms with Gasteiger partial charge in [-0.25, -0.2) is 4.79 Å². The lowest BCUT2D eigenvalue weighted by Crippen LogP contribution is -2.25. The predicted molar refractivity (Wildman–Crippen MR) is 69.9 cm³/mol. The number of benzene rings is 1. The van der Waals surface area contributed by atoms with Gasteiger partial charge in [0.05, 0.1) is 0 Å². The number of carboxylic acids is 1. The van der Waals surface area contributed by atoms with Crippen molar-refractivity contribution in [2.75, 3.05) is 0 Å². The Labute approximate surface area is 111 Å². The smallest absolute Gasteiger partial charge is 0.345 e. The second-order valence-corrected chi connectivity index (χ2v) is 3.94. The molecule has 1 aromatic rings. The molecule has 0 aliphatic rings. The normalized spacial score (nSPS) is 12.3. The van der Waals surface area contributed by atoms with Crippen molar-refractivity contribution in [3.8, 4) is 11.5 Å². The van der Waals surface area contributed by atoms with E-state index < -0.39 is 12.1 Å². The molecular weight excluding hydrogens is 248 g/mol. The van der Waals surface area contributed by atoms with Crippen LogP contribution in [0.25, 0.3) is 0 Å². The van der Waals surface area contributed by atoms with Crippen LogP contribution in [0, 0.1) is 0 Å². The molecule has 1 atom stereocenters. The van der Waals surface area contributed by atoms with Gasteiger partial charge in [0.15, 0.2) is 17.6 Å². The summed E-state index contributed by atoms with van der Waals surface area (Å²) in [6, 6.07) is 4.12. The molecular formula is C14H16O5. The molecule has 0 bridgehead atoms. The van der Waals surface area contributed by atoms with Gasteiger partial charge in [-0.05, 0) is 30.7 Å². The number of aromatic hydroxyl groups is 2. The molecule has 0 aromatic heterocycles. The molecule has 5 nitrogen and oxygen atoms in total. The Morgan fingerprint density at radius 1 is 1.42 bits per heavy atom. The fourth-order valence-electron chi connectivity index (χ4n) is 1.50. The second kappa shape index (κ2) is 6.49. The van der Waals surface area contributed by atoms with E-state index in [0.717, 1.165) is 0 Å². The standard InChI is InChI=1S/C14H16O5/c1-3-4-9(2)19-13(14(17)18)8-10-5-6-11(15)12(16)7-10/h3-7,13,15-16H,2,8H2,1H3,(H,17,18)/b4-3+. The van der Waals surface area contributed by atoms with Gasteiger partial charge in [-0.2, -0.15) is 0 Å². The van der Waals surface area contributed by atoms with Crippen molar-refractivity contribution < 1.29 is 24.9 Å². The average Bonchev–Trinajstić information content (AvgIpc) is 2.33. The number of hydrogen-bond acceptors (Lipinski definition) is 4. The largest absolute Gasteiger partial charge is 0.504 e. The SMILES string of the molecule is C=C(/C=C/C)OC(Cc1ccc(O)c(O)c1)C(=O)O. The number of phenols is 2. The minimum absolute atomic E-state index is 0.0553. The van der Waals surface area contributed by atoms with E-state index in [-0.39, 0.29) is 23.7 Å². The highest BCUT2D eigenvalue weighted by Gasteiger charge is 2.20. The Balaban J connectivity index is 2.81. The Morgan fingerprint density at radius 2 is 2.11 bits per heavy atom. The summed E-state index contributed by atoms with van der Waals surface area (Å²) in [5.74, 6) is -1.43. The predicted octanol–water partition coefficient (Wildman–Crippen LogP) is 2.20. The number of phenolic OH excluding ortho intramolecular Hbond substituents is 2. The summed E-state index contributed by atoms with van der Waals surface area (Å²) in [6.45, 7) is 5.34. The minimum atomic E-state index is -1.13. The molecule has 102 valence electrons. The van der Waals surface area contributed by atoms with Crippen LogP contribution in [0.3, 0.4) is 0 Å². The van der Waals surface area contributed by atoms with Crippen LogP contribution in [0.4, 0.5) is 0 Å². The quantitative estimate of drug-likeness (QED) is 0.416.